The molecule has 0 aromatic heterocycles. The fraction of sp³-hybridized carbons (Fsp3) is 0.960. The summed E-state index contributed by atoms with van der Waals surface area (Å²) >= 11 is 0. The van der Waals surface area contributed by atoms with E-state index in [0.29, 0.717) is 0 Å². The Morgan fingerprint density at radius 3 is 1.51 bits per heavy atom. The minimum atomic E-state index is -2.03. The third-order valence-electron chi connectivity index (χ3n) is 8.37. The first-order valence-electron chi connectivity index (χ1n) is 14.5. The van der Waals surface area contributed by atoms with Crippen molar-refractivity contribution in [2.45, 2.75) is 123 Å². The maximum Gasteiger partial charge on any atom is 0.335 e. The average molecular weight is 695 g/mol. The van der Waals surface area contributed by atoms with E-state index in [-0.39, 0.29) is 0 Å². The number of hydrogen-bond acceptors (Lipinski definition) is 21. The molecule has 4 fully saturated rings. The molecule has 22 nitrogen and oxygen atoms in total. The molecule has 47 heavy (non-hydrogen) atoms. The van der Waals surface area contributed by atoms with Crippen molar-refractivity contribution in [3.8, 4) is 0 Å². The van der Waals surface area contributed by atoms with Gasteiger partial charge in [0.15, 0.2) is 31.3 Å². The summed E-state index contributed by atoms with van der Waals surface area (Å²) in [5, 5.41) is 133. The summed E-state index contributed by atoms with van der Waals surface area (Å²) in [5.41, 5.74) is 0. The van der Waals surface area contributed by atoms with Gasteiger partial charge in [-0.15, -0.1) is 0 Å². The normalized spacial score (nSPS) is 51.1. The van der Waals surface area contributed by atoms with Crippen LogP contribution in [0.1, 0.15) is 0 Å². The number of carboxylic acids is 1. The van der Waals surface area contributed by atoms with Crippen molar-refractivity contribution >= 4 is 5.97 Å². The minimum Gasteiger partial charge on any atom is -0.479 e. The van der Waals surface area contributed by atoms with Gasteiger partial charge in [0.2, 0.25) is 0 Å². The fourth-order valence-electron chi connectivity index (χ4n) is 5.59. The Morgan fingerprint density at radius 1 is 0.532 bits per heavy atom. The van der Waals surface area contributed by atoms with Crippen LogP contribution in [0.5, 0.6) is 0 Å². The number of aliphatic hydroxyl groups excluding tert-OH is 12. The number of carbonyl (C=O) groups is 1. The van der Waals surface area contributed by atoms with E-state index >= 15 is 0 Å². The first-order valence-corrected chi connectivity index (χ1v) is 14.5. The molecule has 4 aliphatic heterocycles. The second kappa shape index (κ2) is 16.1. The summed E-state index contributed by atoms with van der Waals surface area (Å²) in [6, 6.07) is 0. The van der Waals surface area contributed by atoms with E-state index in [1.807, 2.05) is 0 Å². The number of aliphatic carboxylic acids is 1. The highest BCUT2D eigenvalue weighted by Crippen LogP contribution is 2.32. The zero-order valence-electron chi connectivity index (χ0n) is 24.7. The molecule has 4 rings (SSSR count). The fourth-order valence-corrected chi connectivity index (χ4v) is 5.59. The van der Waals surface area contributed by atoms with Crippen molar-refractivity contribution in [1.29, 1.82) is 0 Å². The molecule has 0 aliphatic carbocycles. The predicted molar refractivity (Wildman–Crippen MR) is 139 cm³/mol. The molecule has 4 aliphatic rings. The molecular weight excluding hydrogens is 652 g/mol. The second-order valence-electron chi connectivity index (χ2n) is 11.4. The summed E-state index contributed by atoms with van der Waals surface area (Å²) in [7, 11) is 1.08. The molecule has 4 saturated heterocycles. The third kappa shape index (κ3) is 7.87. The van der Waals surface area contributed by atoms with Crippen LogP contribution in [0.15, 0.2) is 0 Å². The van der Waals surface area contributed by atoms with Gasteiger partial charge in [-0.2, -0.15) is 0 Å². The van der Waals surface area contributed by atoms with Crippen LogP contribution >= 0.6 is 0 Å². The van der Waals surface area contributed by atoms with Gasteiger partial charge in [0.05, 0.1) is 19.8 Å². The molecule has 4 heterocycles. The molecule has 13 N–H and O–H groups in total. The number of aliphatic hydroxyl groups is 12. The van der Waals surface area contributed by atoms with Crippen LogP contribution in [0.4, 0.5) is 0 Å². The Bertz CT molecular complexity index is 1000. The molecule has 0 amide bonds. The minimum absolute atomic E-state index is 0.768. The van der Waals surface area contributed by atoms with Crippen LogP contribution < -0.4 is 0 Å². The van der Waals surface area contributed by atoms with Crippen LogP contribution in [0.3, 0.4) is 0 Å². The smallest absolute Gasteiger partial charge is 0.335 e. The summed E-state index contributed by atoms with van der Waals surface area (Å²) in [4.78, 5) is 11.8. The van der Waals surface area contributed by atoms with Crippen LogP contribution in [0.25, 0.3) is 0 Å². The Morgan fingerprint density at radius 2 is 0.979 bits per heavy atom. The maximum atomic E-state index is 11.8. The quantitative estimate of drug-likeness (QED) is 0.0954. The van der Waals surface area contributed by atoms with Crippen molar-refractivity contribution in [1.82, 2.24) is 0 Å². The molecule has 0 aromatic carbocycles. The van der Waals surface area contributed by atoms with Gasteiger partial charge >= 0.3 is 5.97 Å². The number of ether oxygens (including phenoxy) is 8. The number of rotatable bonds is 11. The molecule has 0 spiro atoms. The second-order valence-corrected chi connectivity index (χ2v) is 11.4. The first-order chi connectivity index (χ1) is 22.2. The Balaban J connectivity index is 1.41. The maximum absolute atomic E-state index is 11.8. The van der Waals surface area contributed by atoms with Crippen molar-refractivity contribution in [3.63, 3.8) is 0 Å². The zero-order valence-corrected chi connectivity index (χ0v) is 24.7. The highest BCUT2D eigenvalue weighted by Gasteiger charge is 2.54. The van der Waals surface area contributed by atoms with Gasteiger partial charge in [-0.25, -0.2) is 4.79 Å². The van der Waals surface area contributed by atoms with Gasteiger partial charge in [-0.05, 0) is 0 Å². The summed E-state index contributed by atoms with van der Waals surface area (Å²) in [6.07, 6.45) is -36.0. The number of carboxylic acid groups (broad SMARTS) is 1. The SMILES string of the molecule is CO[C@H]1OC(C(=O)O)[C@@H](O[C@H]2OC(CO[C@H]3OC(CO)[C@H](O[C@H]4OC(CO)[C@@H](O)C(O)C4O)C(O)C3O)[C@@H](O)C(O)C2O)C(O)C1O. The standard InChI is InChI=1S/C25H42O22/c1-40-22-16(36)13(33)19(20(47-22)21(38)39)46-25-15(35)11(31)9(29)7(44-25)4-41-23-17(37)12(32)18(6(3-27)43-23)45-24-14(34)10(30)8(28)5(2-26)42-24/h5-20,22-37H,2-4H2,1H3,(H,38,39)/t5?,6?,7?,8-,9-,10?,11?,12?,13?,14?,15?,16?,17?,18+,19+,20?,22+,23+,24-,25-/m1/s1. The lowest BCUT2D eigenvalue weighted by Crippen LogP contribution is -2.66. The van der Waals surface area contributed by atoms with E-state index < -0.39 is 149 Å². The summed E-state index contributed by atoms with van der Waals surface area (Å²) in [6.45, 7) is -2.42. The highest BCUT2D eigenvalue weighted by atomic mass is 16.8. The van der Waals surface area contributed by atoms with Gasteiger partial charge in [0, 0.05) is 7.11 Å². The molecular formula is C25H42O22. The average Bonchev–Trinajstić information content (AvgIpc) is 3.05. The monoisotopic (exact) mass is 694 g/mol. The molecule has 0 bridgehead atoms. The molecule has 20 atom stereocenters. The van der Waals surface area contributed by atoms with Crippen LogP contribution in [-0.2, 0) is 42.7 Å². The van der Waals surface area contributed by atoms with Gasteiger partial charge in [0.1, 0.15) is 91.6 Å². The van der Waals surface area contributed by atoms with E-state index in [9.17, 15) is 71.2 Å². The van der Waals surface area contributed by atoms with E-state index in [4.69, 9.17) is 37.9 Å². The number of hydrogen-bond donors (Lipinski definition) is 13. The topological polar surface area (TPSA) is 354 Å². The zero-order chi connectivity index (χ0) is 34.9. The van der Waals surface area contributed by atoms with E-state index in [0.717, 1.165) is 7.11 Å². The van der Waals surface area contributed by atoms with Gasteiger partial charge in [-0.1, -0.05) is 0 Å². The predicted octanol–water partition coefficient (Wildman–Crippen LogP) is -9.00. The van der Waals surface area contributed by atoms with E-state index in [2.05, 4.69) is 0 Å². The number of methoxy groups -OCH3 is 1. The first kappa shape index (κ1) is 38.5. The van der Waals surface area contributed by atoms with Crippen molar-refractivity contribution in [3.05, 3.63) is 0 Å². The van der Waals surface area contributed by atoms with Crippen molar-refractivity contribution in [2.24, 2.45) is 0 Å². The van der Waals surface area contributed by atoms with Gasteiger partial charge in [-0.3, -0.25) is 0 Å². The molecule has 0 saturated carbocycles. The lowest BCUT2D eigenvalue weighted by Gasteiger charge is -2.47. The highest BCUT2D eigenvalue weighted by molar-refractivity contribution is 5.73. The van der Waals surface area contributed by atoms with Crippen LogP contribution in [0.2, 0.25) is 0 Å². The Labute approximate surface area is 265 Å². The molecule has 0 aromatic rings. The molecule has 22 heteroatoms. The van der Waals surface area contributed by atoms with E-state index in [1.54, 1.807) is 0 Å². The van der Waals surface area contributed by atoms with Gasteiger partial charge < -0.3 is 104 Å². The molecule has 12 unspecified atom stereocenters. The summed E-state index contributed by atoms with van der Waals surface area (Å²) < 4.78 is 42.4. The van der Waals surface area contributed by atoms with Crippen molar-refractivity contribution < 1.29 is 109 Å². The molecule has 0 radical (unpaired) electrons. The lowest BCUT2D eigenvalue weighted by molar-refractivity contribution is -0.370. The van der Waals surface area contributed by atoms with Crippen LogP contribution in [0, 0.1) is 0 Å². The van der Waals surface area contributed by atoms with Crippen LogP contribution in [-0.4, -0.2) is 222 Å². The van der Waals surface area contributed by atoms with Crippen molar-refractivity contribution in [2.75, 3.05) is 26.9 Å². The Kier molecular flexibility index (Phi) is 13.2. The lowest BCUT2D eigenvalue weighted by atomic mass is 9.96. The Hall–Kier alpha value is -1.33. The van der Waals surface area contributed by atoms with Gasteiger partial charge in [0.25, 0.3) is 0 Å². The third-order valence-corrected chi connectivity index (χ3v) is 8.37. The molecule has 274 valence electrons. The summed E-state index contributed by atoms with van der Waals surface area (Å²) in [5.74, 6) is -1.65. The largest absolute Gasteiger partial charge is 0.479 e. The van der Waals surface area contributed by atoms with E-state index in [1.165, 1.54) is 0 Å².